The highest BCUT2D eigenvalue weighted by molar-refractivity contribution is 6.01. The highest BCUT2D eigenvalue weighted by Crippen LogP contribution is 2.33. The number of hydrogen-bond donors (Lipinski definition) is 2. The Labute approximate surface area is 301 Å². The van der Waals surface area contributed by atoms with E-state index < -0.39 is 35.2 Å². The summed E-state index contributed by atoms with van der Waals surface area (Å²) in [6.07, 6.45) is 1.48. The molecule has 1 saturated heterocycles. The quantitative estimate of drug-likeness (QED) is 0.251. The number of aryl methyl sites for hydroxylation is 2. The topological polar surface area (TPSA) is 152 Å². The van der Waals surface area contributed by atoms with Gasteiger partial charge in [0.05, 0.1) is 36.2 Å². The van der Waals surface area contributed by atoms with Crippen LogP contribution in [0.3, 0.4) is 0 Å². The summed E-state index contributed by atoms with van der Waals surface area (Å²) in [5.74, 6) is -0.721. The largest absolute Gasteiger partial charge is 0.505 e. The Hall–Kier alpha value is -5.71. The molecule has 1 fully saturated rings. The minimum absolute atomic E-state index is 0.0612. The number of nitrogens with zero attached hydrogens (tertiary/aromatic N) is 8. The van der Waals surface area contributed by atoms with E-state index in [0.717, 1.165) is 17.7 Å². The average Bonchev–Trinajstić information content (AvgIpc) is 3.75. The van der Waals surface area contributed by atoms with Gasteiger partial charge in [-0.05, 0) is 62.1 Å². The second-order valence-corrected chi connectivity index (χ2v) is 13.3. The van der Waals surface area contributed by atoms with Crippen LogP contribution in [0, 0.1) is 6.92 Å². The van der Waals surface area contributed by atoms with Gasteiger partial charge in [0, 0.05) is 50.0 Å². The van der Waals surface area contributed by atoms with Crippen molar-refractivity contribution in [2.45, 2.75) is 52.4 Å². The zero-order valence-electron chi connectivity index (χ0n) is 29.6. The predicted octanol–water partition coefficient (Wildman–Crippen LogP) is 4.17. The summed E-state index contributed by atoms with van der Waals surface area (Å²) >= 11 is 0. The van der Waals surface area contributed by atoms with Crippen LogP contribution in [0.2, 0.25) is 0 Å². The SMILES string of the molecule is CCc1c(N2CCN(C(=O)c3ncc4c(ccn4C)c3O)[C@H](C)C2)c(=O)n2nc(C3=CCOCC3)nc2n1CC(=O)Nc1ccc(C(F)(F)F)cc1C. The molecule has 5 aromatic rings. The minimum atomic E-state index is -4.53. The number of rotatable bonds is 7. The number of alkyl halides is 3. The molecule has 2 amide bonds. The van der Waals surface area contributed by atoms with Crippen LogP contribution < -0.4 is 15.8 Å². The maximum Gasteiger partial charge on any atom is 0.416 e. The maximum atomic E-state index is 14.3. The summed E-state index contributed by atoms with van der Waals surface area (Å²) in [6, 6.07) is 4.40. The Morgan fingerprint density at radius 2 is 1.96 bits per heavy atom. The van der Waals surface area contributed by atoms with Crippen molar-refractivity contribution in [1.82, 2.24) is 33.6 Å². The van der Waals surface area contributed by atoms with Crippen molar-refractivity contribution in [3.05, 3.63) is 81.4 Å². The number of halogens is 3. The zero-order valence-corrected chi connectivity index (χ0v) is 29.6. The molecular weight excluding hydrogens is 695 g/mol. The van der Waals surface area contributed by atoms with Crippen LogP contribution in [0.15, 0.2) is 47.5 Å². The predicted molar refractivity (Wildman–Crippen MR) is 190 cm³/mol. The molecule has 2 aliphatic heterocycles. The van der Waals surface area contributed by atoms with Gasteiger partial charge < -0.3 is 34.1 Å². The molecule has 53 heavy (non-hydrogen) atoms. The number of hydrogen-bond acceptors (Lipinski definition) is 9. The normalized spacial score (nSPS) is 16.7. The molecule has 7 rings (SSSR count). The number of pyridine rings is 1. The zero-order chi connectivity index (χ0) is 37.8. The molecule has 17 heteroatoms. The number of ether oxygens (including phenoxy) is 1. The van der Waals surface area contributed by atoms with Crippen molar-refractivity contribution < 1.29 is 32.6 Å². The number of carbonyl (C=O) groups is 2. The summed E-state index contributed by atoms with van der Waals surface area (Å²) in [6.45, 7) is 6.37. The maximum absolute atomic E-state index is 14.3. The van der Waals surface area contributed by atoms with Gasteiger partial charge in [0.1, 0.15) is 12.2 Å². The fourth-order valence-electron chi connectivity index (χ4n) is 7.08. The van der Waals surface area contributed by atoms with E-state index >= 15 is 0 Å². The van der Waals surface area contributed by atoms with Crippen LogP contribution in [0.25, 0.3) is 22.3 Å². The van der Waals surface area contributed by atoms with E-state index in [2.05, 4.69) is 15.4 Å². The van der Waals surface area contributed by atoms with Crippen LogP contribution >= 0.6 is 0 Å². The van der Waals surface area contributed by atoms with Gasteiger partial charge in [-0.1, -0.05) is 13.0 Å². The van der Waals surface area contributed by atoms with Crippen LogP contribution in [0.4, 0.5) is 24.5 Å². The van der Waals surface area contributed by atoms with Gasteiger partial charge in [-0.3, -0.25) is 14.4 Å². The van der Waals surface area contributed by atoms with Crippen LogP contribution in [-0.2, 0) is 35.7 Å². The molecule has 0 aliphatic carbocycles. The van der Waals surface area contributed by atoms with Crippen molar-refractivity contribution in [3.8, 4) is 5.75 Å². The first-order valence-corrected chi connectivity index (χ1v) is 17.2. The number of anilines is 2. The number of fused-ring (bicyclic) bond motifs is 2. The Morgan fingerprint density at radius 3 is 2.64 bits per heavy atom. The van der Waals surface area contributed by atoms with Gasteiger partial charge >= 0.3 is 6.18 Å². The lowest BCUT2D eigenvalue weighted by atomic mass is 10.1. The summed E-state index contributed by atoms with van der Waals surface area (Å²) < 4.78 is 49.9. The molecule has 0 radical (unpaired) electrons. The third-order valence-corrected chi connectivity index (χ3v) is 9.86. The van der Waals surface area contributed by atoms with Crippen molar-refractivity contribution in [1.29, 1.82) is 0 Å². The molecule has 0 saturated carbocycles. The summed E-state index contributed by atoms with van der Waals surface area (Å²) in [5.41, 5.74) is 1.39. The van der Waals surface area contributed by atoms with Crippen molar-refractivity contribution in [2.24, 2.45) is 7.05 Å². The Kier molecular flexibility index (Phi) is 9.21. The van der Waals surface area contributed by atoms with E-state index in [4.69, 9.17) is 9.72 Å². The summed E-state index contributed by atoms with van der Waals surface area (Å²) in [5, 5.41) is 18.8. The van der Waals surface area contributed by atoms with Gasteiger partial charge in [-0.15, -0.1) is 5.10 Å². The molecule has 0 bridgehead atoms. The Balaban J connectivity index is 1.23. The number of benzene rings is 1. The molecule has 1 aromatic carbocycles. The summed E-state index contributed by atoms with van der Waals surface area (Å²) in [7, 11) is 1.82. The standard InChI is InChI=1S/C36H38F3N9O5/c1-5-26-30(45-12-13-46(21(3)18-45)33(51)29-31(50)24-8-11-44(4)27(24)17-40-29)34(52)48-35(42-32(43-48)22-9-14-53-15-10-22)47(26)19-28(49)41-25-7-6-23(16-20(25)2)36(37,38)39/h6-9,11,16-17,21,50H,5,10,12-15,18-19H2,1-4H3,(H,41,49)/t21-/m1/s1. The molecular formula is C36H38F3N9O5. The highest BCUT2D eigenvalue weighted by atomic mass is 19.4. The van der Waals surface area contributed by atoms with E-state index in [1.165, 1.54) is 17.5 Å². The first-order valence-electron chi connectivity index (χ1n) is 17.2. The first kappa shape index (κ1) is 35.7. The van der Waals surface area contributed by atoms with E-state index in [0.29, 0.717) is 54.2 Å². The van der Waals surface area contributed by atoms with Gasteiger partial charge in [0.25, 0.3) is 11.5 Å². The smallest absolute Gasteiger partial charge is 0.416 e. The number of aromatic hydroxyl groups is 1. The lowest BCUT2D eigenvalue weighted by Gasteiger charge is -2.41. The van der Waals surface area contributed by atoms with E-state index in [1.54, 1.807) is 32.5 Å². The molecule has 6 heterocycles. The third kappa shape index (κ3) is 6.49. The lowest BCUT2D eigenvalue weighted by molar-refractivity contribution is -0.137. The molecule has 2 N–H and O–H groups in total. The minimum Gasteiger partial charge on any atom is -0.505 e. The Morgan fingerprint density at radius 1 is 1.17 bits per heavy atom. The van der Waals surface area contributed by atoms with Gasteiger partial charge in [0.15, 0.2) is 17.3 Å². The monoisotopic (exact) mass is 733 g/mol. The summed E-state index contributed by atoms with van der Waals surface area (Å²) in [4.78, 5) is 54.2. The van der Waals surface area contributed by atoms with Crippen molar-refractivity contribution >= 4 is 45.4 Å². The van der Waals surface area contributed by atoms with Crippen LogP contribution in [-0.4, -0.2) is 89.4 Å². The van der Waals surface area contributed by atoms with E-state index in [1.807, 2.05) is 31.9 Å². The second-order valence-electron chi connectivity index (χ2n) is 13.3. The number of carbonyl (C=O) groups excluding carboxylic acids is 2. The molecule has 278 valence electrons. The molecule has 0 spiro atoms. The number of amides is 2. The van der Waals surface area contributed by atoms with E-state index in [-0.39, 0.29) is 54.7 Å². The highest BCUT2D eigenvalue weighted by Gasteiger charge is 2.35. The first-order chi connectivity index (χ1) is 25.3. The van der Waals surface area contributed by atoms with Gasteiger partial charge in [-0.2, -0.15) is 22.7 Å². The molecule has 0 unspecified atom stereocenters. The molecule has 2 aliphatic rings. The average molecular weight is 734 g/mol. The van der Waals surface area contributed by atoms with Crippen molar-refractivity contribution in [3.63, 3.8) is 0 Å². The van der Waals surface area contributed by atoms with Crippen molar-refractivity contribution in [2.75, 3.05) is 43.1 Å². The number of piperazine rings is 1. The van der Waals surface area contributed by atoms with E-state index in [9.17, 15) is 32.7 Å². The molecule has 1 atom stereocenters. The van der Waals surface area contributed by atoms with Crippen LogP contribution in [0.1, 0.15) is 53.4 Å². The number of aromatic nitrogens is 6. The fraction of sp³-hybridized carbons (Fsp3) is 0.389. The van der Waals surface area contributed by atoms with Gasteiger partial charge in [0.2, 0.25) is 11.7 Å². The van der Waals surface area contributed by atoms with Gasteiger partial charge in [-0.25, -0.2) is 4.98 Å². The van der Waals surface area contributed by atoms with Crippen LogP contribution in [0.5, 0.6) is 5.75 Å². The number of nitrogens with one attached hydrogen (secondary N) is 1. The second kappa shape index (κ2) is 13.7. The molecule has 14 nitrogen and oxygen atoms in total. The molecule has 4 aromatic heterocycles. The lowest BCUT2D eigenvalue weighted by Crippen LogP contribution is -2.55. The third-order valence-electron chi connectivity index (χ3n) is 9.86. The fourth-order valence-corrected chi connectivity index (χ4v) is 7.08. The Bertz CT molecular complexity index is 2360.